The number of carboxylic acids is 1. The molecule has 2 aliphatic heterocycles. The van der Waals surface area contributed by atoms with Crippen LogP contribution in [-0.4, -0.2) is 426 Å². The van der Waals surface area contributed by atoms with E-state index >= 15 is 0 Å². The summed E-state index contributed by atoms with van der Waals surface area (Å²) >= 11 is 0. The molecule has 2 aliphatic rings. The van der Waals surface area contributed by atoms with E-state index in [-0.39, 0.29) is 151 Å². The molecule has 4 amide bonds. The predicted molar refractivity (Wildman–Crippen MR) is 501 cm³/mol. The summed E-state index contributed by atoms with van der Waals surface area (Å²) in [6.07, 6.45) is 22.5. The second-order valence-corrected chi connectivity index (χ2v) is 30.5. The second-order valence-electron chi connectivity index (χ2n) is 30.5. The maximum Gasteiger partial charge on any atom is 1.00 e. The van der Waals surface area contributed by atoms with Crippen molar-refractivity contribution in [1.82, 2.24) is 20.0 Å². The zero-order chi connectivity index (χ0) is 98.3. The van der Waals surface area contributed by atoms with Gasteiger partial charge in [0.15, 0.2) is 5.78 Å². The van der Waals surface area contributed by atoms with Crippen molar-refractivity contribution in [3.63, 3.8) is 0 Å². The molecule has 3 rings (SSSR count). The minimum Gasteiger partial charge on any atom is -0.870 e. The Bertz CT molecular complexity index is 3140. The Labute approximate surface area is 817 Å². The van der Waals surface area contributed by atoms with E-state index in [9.17, 15) is 38.7 Å². The topological polar surface area (TPSA) is 444 Å². The van der Waals surface area contributed by atoms with Crippen LogP contribution in [-0.2, 0) is 143 Å². The van der Waals surface area contributed by atoms with Crippen LogP contribution in [0.3, 0.4) is 0 Å². The van der Waals surface area contributed by atoms with Crippen LogP contribution in [0.1, 0.15) is 119 Å². The van der Waals surface area contributed by atoms with E-state index in [0.717, 1.165) is 19.6 Å². The average molecular weight is 1930 g/mol. The van der Waals surface area contributed by atoms with E-state index in [1.165, 1.54) is 24.9 Å². The fraction of sp³-hybridized carbons (Fsp3) is 0.781. The minimum absolute atomic E-state index is 0. The van der Waals surface area contributed by atoms with Crippen LogP contribution in [0, 0.1) is 79.0 Å². The number of esters is 1. The van der Waals surface area contributed by atoms with Crippen molar-refractivity contribution in [3.8, 4) is 49.4 Å². The number of aliphatic carboxylic acids is 1. The number of benzene rings is 1. The molecule has 10 atom stereocenters. The van der Waals surface area contributed by atoms with Crippen LogP contribution in [0.15, 0.2) is 30.3 Å². The number of ketones is 1. The van der Waals surface area contributed by atoms with E-state index in [2.05, 4.69) is 33.7 Å². The van der Waals surface area contributed by atoms with E-state index in [0.29, 0.717) is 230 Å². The van der Waals surface area contributed by atoms with Gasteiger partial charge in [0.2, 0.25) is 23.6 Å². The number of nitrogens with one attached hydrogen (secondary N) is 1. The van der Waals surface area contributed by atoms with Crippen LogP contribution in [0.25, 0.3) is 0 Å². The van der Waals surface area contributed by atoms with Gasteiger partial charge in [-0.2, -0.15) is 0 Å². The first kappa shape index (κ1) is 137. The molecule has 0 bridgehead atoms. The van der Waals surface area contributed by atoms with E-state index in [4.69, 9.17) is 140 Å². The summed E-state index contributed by atoms with van der Waals surface area (Å²) < 4.78 is 120. The van der Waals surface area contributed by atoms with Gasteiger partial charge in [0.05, 0.1) is 273 Å². The second kappa shape index (κ2) is 97.8. The zero-order valence-corrected chi connectivity index (χ0v) is 82.7. The van der Waals surface area contributed by atoms with Crippen LogP contribution in [0.2, 0.25) is 0 Å². The molecule has 38 nitrogen and oxygen atoms in total. The predicted octanol–water partition coefficient (Wildman–Crippen LogP) is 2.18. The van der Waals surface area contributed by atoms with E-state index < -0.39 is 60.2 Å². The average Bonchev–Trinajstić information content (AvgIpc) is 1.69. The fourth-order valence-corrected chi connectivity index (χ4v) is 12.8. The number of nitrogens with zero attached hydrogens (tertiary/aromatic N) is 3. The van der Waals surface area contributed by atoms with Crippen molar-refractivity contribution in [2.45, 2.75) is 150 Å². The SMILES string of the molecule is C.C#CCOCCOCCOCCOCCO.C#CCOCCOCCOCCOCCOCC(=O)N(C)[C@H](C(=O)C[C@H](C(=O)N(C)[C@@H]([C@@H](C)CC)[C@@H](CC(=O)N1CCC[C@H]1[C@H](OC)[C@@H](C)C(=O)N[C@H](C)[C@@H](O)c1ccccc1)OC)C(C)C)C(C)C.C#CCOCCOCCOCCOCCOCC(=O)O.C#CCOCCOCCOCCOCCOCC(=O)OC.C1CCOC1.[Li+].[OH-]. The monoisotopic (exact) mass is 1930 g/mol. The molecule has 0 unspecified atom stereocenters. The Morgan fingerprint density at radius 2 is 0.874 bits per heavy atom. The van der Waals surface area contributed by atoms with Gasteiger partial charge in [-0.25, -0.2) is 9.59 Å². The Morgan fingerprint density at radius 3 is 1.20 bits per heavy atom. The number of aliphatic hydroxyl groups is 2. The number of hydrogen-bond acceptors (Lipinski definition) is 33. The minimum atomic E-state index is -0.988. The standard InChI is InChI=1S/C53H88N4O13.C14H24O7.C13H22O7.C11H20O5.C4H8O.CH4.Li.H2O/c1-14-24-66-25-26-67-27-28-68-29-30-69-31-32-70-35-47(60)55(10)48(37(5)6)44(58)33-42(36(3)4)53(63)56(11)49(38(7)15-2)45(64-12)34-46(59)57-23-19-22-43(57)51(65-13)39(8)52(62)54-40(9)50(61)41-20-17-16-18-21-41;1-3-4-17-5-6-18-7-8-19-9-10-20-11-12-21-13-14(15)16-2;1-2-3-16-4-5-17-6-7-18-8-9-19-10-11-20-12-13(14)15;1-2-4-13-6-8-15-10-11-16-9-7-14-5-3-12;1-2-4-5-3-1;;;/h1,16-18,20-21,36-40,42-43,45,48-51,61H,15,19,22-35H2,2-13H3,(H,54,62);1H,4-13H2,2H3;1H,3-12H2,(H,14,15);1,12H,3-11H2;1-4H2;1H4;;1H2/q;;;;;;+1;/p-1/t38-,39+,40+,42-,43-,45+,48-,49-,50+,51+;;;;;;;/m0......./s1. The van der Waals surface area contributed by atoms with Gasteiger partial charge < -0.3 is 150 Å². The van der Waals surface area contributed by atoms with Gasteiger partial charge in [-0.3, -0.25) is 24.0 Å². The van der Waals surface area contributed by atoms with Crippen molar-refractivity contribution in [1.29, 1.82) is 0 Å². The molecule has 0 saturated carbocycles. The Kier molecular flexibility index (Phi) is 99.2. The number of methoxy groups -OCH3 is 3. The molecule has 39 heteroatoms. The molecule has 0 spiro atoms. The molecule has 135 heavy (non-hydrogen) atoms. The van der Waals surface area contributed by atoms with E-state index in [1.54, 1.807) is 52.0 Å². The van der Waals surface area contributed by atoms with Crippen LogP contribution in [0.5, 0.6) is 0 Å². The number of hydrogen-bond donors (Lipinski definition) is 4. The number of carboxylic acid groups (broad SMARTS) is 1. The number of carbonyl (C=O) groups is 7. The maximum atomic E-state index is 14.6. The smallest absolute Gasteiger partial charge is 0.870 e. The third-order valence-electron chi connectivity index (χ3n) is 19.8. The molecule has 776 valence electrons. The summed E-state index contributed by atoms with van der Waals surface area (Å²) in [4.78, 5) is 95.8. The first-order chi connectivity index (χ1) is 63.9. The molecule has 2 fully saturated rings. The number of ether oxygens (including phenoxy) is 23. The number of amides is 4. The van der Waals surface area contributed by atoms with Crippen molar-refractivity contribution in [2.75, 3.05) is 313 Å². The van der Waals surface area contributed by atoms with Gasteiger partial charge >= 0.3 is 30.8 Å². The van der Waals surface area contributed by atoms with Gasteiger partial charge in [-0.1, -0.05) is 116 Å². The molecular formula is C96H167LiN4O34. The Morgan fingerprint density at radius 1 is 0.504 bits per heavy atom. The number of aliphatic hydroxyl groups excluding tert-OH is 2. The van der Waals surface area contributed by atoms with Gasteiger partial charge in [0, 0.05) is 60.4 Å². The normalized spacial score (nSPS) is 14.4. The van der Waals surface area contributed by atoms with Gasteiger partial charge in [-0.05, 0) is 55.9 Å². The third kappa shape index (κ3) is 74.3. The number of carbonyl (C=O) groups excluding carboxylic acids is 6. The molecule has 2 heterocycles. The molecule has 5 N–H and O–H groups in total. The Hall–Kier alpha value is -6.45. The number of Topliss-reactive ketones (excluding diaryl/α,β-unsaturated/α-hetero) is 1. The summed E-state index contributed by atoms with van der Waals surface area (Å²) in [6.45, 7) is 31.6. The quantitative estimate of drug-likeness (QED) is 0.0314. The Balaban J connectivity index is -0.000000692. The molecule has 2 saturated heterocycles. The molecule has 1 aromatic rings. The molecular weight excluding hydrogens is 1760 g/mol. The molecule has 1 aromatic carbocycles. The number of likely N-dealkylation sites (tertiary alicyclic amines) is 1. The summed E-state index contributed by atoms with van der Waals surface area (Å²) in [6, 6.07) is 6.88. The third-order valence-corrected chi connectivity index (χ3v) is 19.8. The van der Waals surface area contributed by atoms with Crippen molar-refractivity contribution in [3.05, 3.63) is 35.9 Å². The van der Waals surface area contributed by atoms with E-state index in [1.807, 2.05) is 71.9 Å². The van der Waals surface area contributed by atoms with Crippen molar-refractivity contribution >= 4 is 41.4 Å². The summed E-state index contributed by atoms with van der Waals surface area (Å²) in [5, 5.41) is 30.6. The first-order valence-corrected chi connectivity index (χ1v) is 45.5. The van der Waals surface area contributed by atoms with Gasteiger partial charge in [0.1, 0.15) is 46.2 Å². The summed E-state index contributed by atoms with van der Waals surface area (Å²) in [5.41, 5.74) is 0.693. The van der Waals surface area contributed by atoms with Gasteiger partial charge in [0.25, 0.3) is 0 Å². The largest absolute Gasteiger partial charge is 1.00 e. The molecule has 0 aromatic heterocycles. The summed E-state index contributed by atoms with van der Waals surface area (Å²) in [7, 11) is 7.70. The first-order valence-electron chi connectivity index (χ1n) is 45.5. The van der Waals surface area contributed by atoms with Crippen molar-refractivity contribution in [2.24, 2.45) is 29.6 Å². The maximum absolute atomic E-state index is 14.6. The number of likely N-dealkylation sites (N-methyl/N-ethyl adjacent to an activating group) is 2. The fourth-order valence-electron chi connectivity index (χ4n) is 12.8. The number of terminal acetylenes is 4. The molecule has 0 radical (unpaired) electrons. The van der Waals surface area contributed by atoms with Crippen LogP contribution < -0.4 is 24.2 Å². The van der Waals surface area contributed by atoms with Crippen LogP contribution >= 0.6 is 0 Å². The number of rotatable bonds is 78. The van der Waals surface area contributed by atoms with Crippen molar-refractivity contribution < 1.29 is 182 Å². The zero-order valence-electron chi connectivity index (χ0n) is 82.7. The van der Waals surface area contributed by atoms with Crippen LogP contribution in [0.4, 0.5) is 0 Å². The summed E-state index contributed by atoms with van der Waals surface area (Å²) in [5.74, 6) is 4.91. The van der Waals surface area contributed by atoms with Gasteiger partial charge in [-0.15, -0.1) is 25.7 Å². The molecule has 0 aliphatic carbocycles.